The maximum atomic E-state index is 13.4. The Hall–Kier alpha value is -2.71. The molecular formula is C23H25FN4O2S. The van der Waals surface area contributed by atoms with Crippen molar-refractivity contribution in [1.82, 2.24) is 4.90 Å². The molecule has 1 amide bonds. The summed E-state index contributed by atoms with van der Waals surface area (Å²) >= 11 is 1.37. The van der Waals surface area contributed by atoms with E-state index in [4.69, 9.17) is 14.7 Å². The second-order valence-corrected chi connectivity index (χ2v) is 8.70. The minimum Gasteiger partial charge on any atom is -0.497 e. The molecule has 1 spiro atoms. The zero-order chi connectivity index (χ0) is 21.8. The number of nitrogens with one attached hydrogen (secondary N) is 1. The molecule has 1 N–H and O–H groups in total. The van der Waals surface area contributed by atoms with E-state index in [1.807, 2.05) is 18.2 Å². The van der Waals surface area contributed by atoms with Crippen LogP contribution in [-0.2, 0) is 4.79 Å². The van der Waals surface area contributed by atoms with E-state index >= 15 is 0 Å². The van der Waals surface area contributed by atoms with Crippen molar-refractivity contribution in [3.05, 3.63) is 59.9 Å². The van der Waals surface area contributed by atoms with Crippen molar-refractivity contribution in [2.45, 2.75) is 18.5 Å². The molecule has 31 heavy (non-hydrogen) atoms. The molecule has 0 bridgehead atoms. The molecule has 0 aromatic heterocycles. The molecule has 0 saturated carbocycles. The quantitative estimate of drug-likeness (QED) is 0.768. The van der Waals surface area contributed by atoms with Crippen LogP contribution in [0.3, 0.4) is 0 Å². The number of thioether (sulfide) groups is 1. The van der Waals surface area contributed by atoms with Crippen LogP contribution in [0.1, 0.15) is 18.4 Å². The van der Waals surface area contributed by atoms with Gasteiger partial charge in [0.25, 0.3) is 0 Å². The predicted octanol–water partition coefficient (Wildman–Crippen LogP) is 3.83. The Morgan fingerprint density at radius 1 is 1.19 bits per heavy atom. The van der Waals surface area contributed by atoms with Gasteiger partial charge in [0.1, 0.15) is 16.6 Å². The van der Waals surface area contributed by atoms with Crippen LogP contribution in [0.5, 0.6) is 5.75 Å². The van der Waals surface area contributed by atoms with Crippen LogP contribution in [0, 0.1) is 5.82 Å². The molecule has 2 aliphatic rings. The highest BCUT2D eigenvalue weighted by atomic mass is 32.2. The number of nitrogens with zero attached hydrogens (tertiary/aromatic N) is 3. The smallest absolute Gasteiger partial charge is 0.234 e. The first-order valence-electron chi connectivity index (χ1n) is 10.2. The van der Waals surface area contributed by atoms with Crippen LogP contribution in [0.2, 0.25) is 0 Å². The third-order valence-corrected chi connectivity index (χ3v) is 6.40. The van der Waals surface area contributed by atoms with E-state index < -0.39 is 5.66 Å². The first kappa shape index (κ1) is 21.5. The molecule has 162 valence electrons. The molecule has 0 aliphatic carbocycles. The summed E-state index contributed by atoms with van der Waals surface area (Å²) in [6, 6.07) is 13.5. The number of hydrogen-bond donors (Lipinski definition) is 1. The lowest BCUT2D eigenvalue weighted by molar-refractivity contribution is -0.113. The molecule has 0 atom stereocenters. The van der Waals surface area contributed by atoms with Crippen molar-refractivity contribution in [1.29, 1.82) is 0 Å². The zero-order valence-corrected chi connectivity index (χ0v) is 18.4. The lowest BCUT2D eigenvalue weighted by Crippen LogP contribution is -2.39. The summed E-state index contributed by atoms with van der Waals surface area (Å²) in [4.78, 5) is 24.7. The molecule has 2 aromatic carbocycles. The lowest BCUT2D eigenvalue weighted by atomic mass is 9.99. The van der Waals surface area contributed by atoms with Crippen molar-refractivity contribution in [2.75, 3.05) is 38.3 Å². The van der Waals surface area contributed by atoms with E-state index in [-0.39, 0.29) is 17.5 Å². The van der Waals surface area contributed by atoms with Crippen molar-refractivity contribution >= 4 is 34.1 Å². The fourth-order valence-electron chi connectivity index (χ4n) is 3.65. The number of amides is 1. The standard InChI is InChI=1S/C23H25FN4O2S/c1-28-12-10-23(11-13-28)26-21(16-6-8-17(24)9-7-16)22(27-23)31-15-20(29)25-18-4-3-5-19(14-18)30-2/h3-9,14H,10-13,15H2,1-2H3,(H,25,29). The Balaban J connectivity index is 1.49. The number of aliphatic imine (C=N–C) groups is 2. The Bertz CT molecular complexity index is 1010. The predicted molar refractivity (Wildman–Crippen MR) is 124 cm³/mol. The Labute approximate surface area is 185 Å². The van der Waals surface area contributed by atoms with Gasteiger partial charge in [0, 0.05) is 43.2 Å². The van der Waals surface area contributed by atoms with Crippen LogP contribution in [0.15, 0.2) is 58.5 Å². The second-order valence-electron chi connectivity index (χ2n) is 7.74. The molecule has 2 aromatic rings. The van der Waals surface area contributed by atoms with Gasteiger partial charge in [-0.25, -0.2) is 9.38 Å². The molecule has 2 aliphatic heterocycles. The van der Waals surface area contributed by atoms with E-state index in [9.17, 15) is 9.18 Å². The number of hydrogen-bond acceptors (Lipinski definition) is 6. The van der Waals surface area contributed by atoms with E-state index in [1.54, 1.807) is 25.3 Å². The van der Waals surface area contributed by atoms with Gasteiger partial charge in [-0.3, -0.25) is 9.79 Å². The highest BCUT2D eigenvalue weighted by Crippen LogP contribution is 2.35. The van der Waals surface area contributed by atoms with E-state index in [1.165, 1.54) is 23.9 Å². The number of methoxy groups -OCH3 is 1. The number of ether oxygens (including phenoxy) is 1. The molecule has 1 saturated heterocycles. The van der Waals surface area contributed by atoms with Crippen molar-refractivity contribution in [2.24, 2.45) is 9.98 Å². The average molecular weight is 441 g/mol. The third-order valence-electron chi connectivity index (χ3n) is 5.43. The lowest BCUT2D eigenvalue weighted by Gasteiger charge is -2.33. The van der Waals surface area contributed by atoms with Crippen molar-refractivity contribution < 1.29 is 13.9 Å². The van der Waals surface area contributed by atoms with Gasteiger partial charge in [0.05, 0.1) is 18.6 Å². The van der Waals surface area contributed by atoms with Crippen molar-refractivity contribution in [3.63, 3.8) is 0 Å². The Morgan fingerprint density at radius 2 is 1.94 bits per heavy atom. The summed E-state index contributed by atoms with van der Waals surface area (Å²) in [5.41, 5.74) is 1.75. The fourth-order valence-corrected chi connectivity index (χ4v) is 4.53. The number of rotatable bonds is 5. The van der Waals surface area contributed by atoms with Gasteiger partial charge >= 0.3 is 0 Å². The van der Waals surface area contributed by atoms with Crippen LogP contribution >= 0.6 is 11.8 Å². The molecule has 6 nitrogen and oxygen atoms in total. The van der Waals surface area contributed by atoms with Gasteiger partial charge in [-0.05, 0) is 43.4 Å². The molecule has 2 heterocycles. The largest absolute Gasteiger partial charge is 0.497 e. The van der Waals surface area contributed by atoms with Crippen LogP contribution in [-0.4, -0.2) is 60.2 Å². The van der Waals surface area contributed by atoms with E-state index in [0.29, 0.717) is 11.4 Å². The molecule has 0 radical (unpaired) electrons. The summed E-state index contributed by atoms with van der Waals surface area (Å²) in [6.45, 7) is 1.83. The van der Waals surface area contributed by atoms with Crippen LogP contribution < -0.4 is 10.1 Å². The van der Waals surface area contributed by atoms with Crippen molar-refractivity contribution in [3.8, 4) is 5.75 Å². The number of benzene rings is 2. The van der Waals surface area contributed by atoms with E-state index in [0.717, 1.165) is 42.3 Å². The minimum absolute atomic E-state index is 0.135. The monoisotopic (exact) mass is 440 g/mol. The molecule has 4 rings (SSSR count). The fraction of sp³-hybridized carbons (Fsp3) is 0.348. The summed E-state index contributed by atoms with van der Waals surface area (Å²) < 4.78 is 18.6. The molecular weight excluding hydrogens is 415 g/mol. The number of anilines is 1. The zero-order valence-electron chi connectivity index (χ0n) is 17.6. The molecule has 8 heteroatoms. The van der Waals surface area contributed by atoms with Gasteiger partial charge in [0.15, 0.2) is 5.66 Å². The Kier molecular flexibility index (Phi) is 6.38. The van der Waals surface area contributed by atoms with E-state index in [2.05, 4.69) is 17.3 Å². The SMILES string of the molecule is COc1cccc(NC(=O)CSC2=NC3(CCN(C)CC3)N=C2c2ccc(F)cc2)c1. The third kappa shape index (κ3) is 5.14. The highest BCUT2D eigenvalue weighted by Gasteiger charge is 2.39. The number of likely N-dealkylation sites (tertiary alicyclic amines) is 1. The number of carbonyl (C=O) groups is 1. The maximum absolute atomic E-state index is 13.4. The molecule has 1 fully saturated rings. The number of halogens is 1. The molecule has 0 unspecified atom stereocenters. The first-order chi connectivity index (χ1) is 15.0. The second kappa shape index (κ2) is 9.20. The van der Waals surface area contributed by atoms with Gasteiger partial charge in [-0.1, -0.05) is 17.8 Å². The highest BCUT2D eigenvalue weighted by molar-refractivity contribution is 8.16. The number of carbonyl (C=O) groups excluding carboxylic acids is 1. The summed E-state index contributed by atoms with van der Waals surface area (Å²) in [5, 5.41) is 3.62. The van der Waals surface area contributed by atoms with Crippen LogP contribution in [0.4, 0.5) is 10.1 Å². The van der Waals surface area contributed by atoms with Gasteiger partial charge in [-0.2, -0.15) is 0 Å². The Morgan fingerprint density at radius 3 is 2.65 bits per heavy atom. The average Bonchev–Trinajstić information content (AvgIpc) is 3.13. The first-order valence-corrected chi connectivity index (χ1v) is 11.2. The maximum Gasteiger partial charge on any atom is 0.234 e. The van der Waals surface area contributed by atoms with Crippen LogP contribution in [0.25, 0.3) is 0 Å². The summed E-state index contributed by atoms with van der Waals surface area (Å²) in [5.74, 6) is 0.455. The minimum atomic E-state index is -0.484. The topological polar surface area (TPSA) is 66.3 Å². The van der Waals surface area contributed by atoms with Gasteiger partial charge in [-0.15, -0.1) is 0 Å². The normalized spacial score (nSPS) is 17.9. The van der Waals surface area contributed by atoms with Gasteiger partial charge < -0.3 is 15.0 Å². The number of piperidine rings is 1. The summed E-state index contributed by atoms with van der Waals surface area (Å²) in [6.07, 6.45) is 1.66. The summed E-state index contributed by atoms with van der Waals surface area (Å²) in [7, 11) is 3.68. The van der Waals surface area contributed by atoms with Gasteiger partial charge in [0.2, 0.25) is 5.91 Å².